The Morgan fingerprint density at radius 2 is 2.25 bits per heavy atom. The van der Waals surface area contributed by atoms with E-state index in [4.69, 9.17) is 0 Å². The van der Waals surface area contributed by atoms with Crippen LogP contribution in [0.1, 0.15) is 43.0 Å². The number of aromatic nitrogens is 1. The number of aliphatic hydroxyl groups excluding tert-OH is 1. The highest BCUT2D eigenvalue weighted by Gasteiger charge is 2.26. The third-order valence-corrected chi connectivity index (χ3v) is 4.58. The molecule has 2 N–H and O–H groups in total. The summed E-state index contributed by atoms with van der Waals surface area (Å²) in [5.74, 6) is 1.07. The summed E-state index contributed by atoms with van der Waals surface area (Å²) in [5, 5.41) is 13.4. The van der Waals surface area contributed by atoms with Crippen molar-refractivity contribution in [3.05, 3.63) is 23.9 Å². The van der Waals surface area contributed by atoms with Gasteiger partial charge in [0.1, 0.15) is 0 Å². The summed E-state index contributed by atoms with van der Waals surface area (Å²) < 4.78 is 0. The van der Waals surface area contributed by atoms with Gasteiger partial charge in [0.05, 0.1) is 10.6 Å². The standard InChI is InChI=1S/C15H22N2O2S/c1-2-20-14-8-7-11(9-16-14)15(19)17-13-6-4-3-5-12(13)10-18/h7-9,12-13,18H,2-6,10H2,1H3,(H,17,19). The summed E-state index contributed by atoms with van der Waals surface area (Å²) in [7, 11) is 0. The summed E-state index contributed by atoms with van der Waals surface area (Å²) in [6.45, 7) is 2.22. The van der Waals surface area contributed by atoms with Crippen molar-refractivity contribution in [1.29, 1.82) is 0 Å². The SMILES string of the molecule is CCSc1ccc(C(=O)NC2CCCCC2CO)cn1. The lowest BCUT2D eigenvalue weighted by Gasteiger charge is -2.30. The lowest BCUT2D eigenvalue weighted by atomic mass is 9.85. The molecular formula is C15H22N2O2S. The Balaban J connectivity index is 1.96. The minimum atomic E-state index is -0.0871. The van der Waals surface area contributed by atoms with Crippen molar-refractivity contribution in [3.8, 4) is 0 Å². The van der Waals surface area contributed by atoms with E-state index in [9.17, 15) is 9.90 Å². The number of amides is 1. The number of rotatable bonds is 5. The summed E-state index contributed by atoms with van der Waals surface area (Å²) >= 11 is 1.66. The minimum Gasteiger partial charge on any atom is -0.396 e. The predicted molar refractivity (Wildman–Crippen MR) is 80.9 cm³/mol. The van der Waals surface area contributed by atoms with E-state index in [1.54, 1.807) is 18.0 Å². The number of carbonyl (C=O) groups excluding carboxylic acids is 1. The lowest BCUT2D eigenvalue weighted by Crippen LogP contribution is -2.43. The van der Waals surface area contributed by atoms with E-state index in [-0.39, 0.29) is 24.5 Å². The number of carbonyl (C=O) groups is 1. The van der Waals surface area contributed by atoms with Gasteiger partial charge in [0.2, 0.25) is 0 Å². The zero-order chi connectivity index (χ0) is 14.4. The second-order valence-electron chi connectivity index (χ2n) is 5.13. The van der Waals surface area contributed by atoms with Crippen molar-refractivity contribution in [2.75, 3.05) is 12.4 Å². The van der Waals surface area contributed by atoms with E-state index < -0.39 is 0 Å². The Labute approximate surface area is 124 Å². The van der Waals surface area contributed by atoms with Crippen molar-refractivity contribution in [2.45, 2.75) is 43.7 Å². The van der Waals surface area contributed by atoms with Gasteiger partial charge in [-0.05, 0) is 30.7 Å². The number of nitrogens with one attached hydrogen (secondary N) is 1. The molecule has 0 saturated heterocycles. The molecular weight excluding hydrogens is 272 g/mol. The molecule has 5 heteroatoms. The van der Waals surface area contributed by atoms with Crippen molar-refractivity contribution in [1.82, 2.24) is 10.3 Å². The second kappa shape index (κ2) is 7.64. The molecule has 1 fully saturated rings. The maximum absolute atomic E-state index is 12.2. The number of aliphatic hydroxyl groups is 1. The Kier molecular flexibility index (Phi) is 5.86. The number of thioether (sulfide) groups is 1. The molecule has 1 aliphatic carbocycles. The summed E-state index contributed by atoms with van der Waals surface area (Å²) in [6.07, 6.45) is 5.83. The molecule has 20 heavy (non-hydrogen) atoms. The Morgan fingerprint density at radius 1 is 1.45 bits per heavy atom. The first-order chi connectivity index (χ1) is 9.74. The third kappa shape index (κ3) is 3.96. The summed E-state index contributed by atoms with van der Waals surface area (Å²) in [6, 6.07) is 3.79. The molecule has 1 aliphatic rings. The van der Waals surface area contributed by atoms with Crippen molar-refractivity contribution >= 4 is 17.7 Å². The predicted octanol–water partition coefficient (Wildman–Crippen LogP) is 2.47. The van der Waals surface area contributed by atoms with Gasteiger partial charge >= 0.3 is 0 Å². The first-order valence-electron chi connectivity index (χ1n) is 7.25. The van der Waals surface area contributed by atoms with Gasteiger partial charge in [-0.2, -0.15) is 0 Å². The van der Waals surface area contributed by atoms with Gasteiger partial charge in [-0.1, -0.05) is 19.8 Å². The highest BCUT2D eigenvalue weighted by atomic mass is 32.2. The zero-order valence-electron chi connectivity index (χ0n) is 11.8. The minimum absolute atomic E-state index is 0.0871. The molecule has 2 unspecified atom stereocenters. The van der Waals surface area contributed by atoms with E-state index in [1.807, 2.05) is 12.1 Å². The molecule has 1 heterocycles. The van der Waals surface area contributed by atoms with E-state index in [0.29, 0.717) is 5.56 Å². The molecule has 0 aliphatic heterocycles. The molecule has 0 bridgehead atoms. The number of pyridine rings is 1. The van der Waals surface area contributed by atoms with Crippen LogP contribution in [0.5, 0.6) is 0 Å². The Hall–Kier alpha value is -1.07. The van der Waals surface area contributed by atoms with Crippen LogP contribution in [0.3, 0.4) is 0 Å². The van der Waals surface area contributed by atoms with Crippen LogP contribution in [0.4, 0.5) is 0 Å². The number of hydrogen-bond acceptors (Lipinski definition) is 4. The van der Waals surface area contributed by atoms with Gasteiger partial charge in [0, 0.05) is 24.8 Å². The van der Waals surface area contributed by atoms with Gasteiger partial charge < -0.3 is 10.4 Å². The maximum atomic E-state index is 12.2. The maximum Gasteiger partial charge on any atom is 0.253 e. The molecule has 2 atom stereocenters. The van der Waals surface area contributed by atoms with Gasteiger partial charge in [0.15, 0.2) is 0 Å². The molecule has 110 valence electrons. The van der Waals surface area contributed by atoms with Crippen molar-refractivity contribution in [3.63, 3.8) is 0 Å². The fourth-order valence-corrected chi connectivity index (χ4v) is 3.20. The van der Waals surface area contributed by atoms with Gasteiger partial charge in [0.25, 0.3) is 5.91 Å². The van der Waals surface area contributed by atoms with Gasteiger partial charge in [-0.3, -0.25) is 4.79 Å². The number of nitrogens with zero attached hydrogens (tertiary/aromatic N) is 1. The van der Waals surface area contributed by atoms with Crippen LogP contribution < -0.4 is 5.32 Å². The van der Waals surface area contributed by atoms with Crippen LogP contribution in [-0.4, -0.2) is 34.4 Å². The van der Waals surface area contributed by atoms with Crippen LogP contribution in [0.2, 0.25) is 0 Å². The fraction of sp³-hybridized carbons (Fsp3) is 0.600. The van der Waals surface area contributed by atoms with Crippen LogP contribution in [-0.2, 0) is 0 Å². The first-order valence-corrected chi connectivity index (χ1v) is 8.23. The lowest BCUT2D eigenvalue weighted by molar-refractivity contribution is 0.0872. The highest BCUT2D eigenvalue weighted by molar-refractivity contribution is 7.99. The highest BCUT2D eigenvalue weighted by Crippen LogP contribution is 2.24. The third-order valence-electron chi connectivity index (χ3n) is 3.75. The topological polar surface area (TPSA) is 62.2 Å². The summed E-state index contributed by atoms with van der Waals surface area (Å²) in [5.41, 5.74) is 0.590. The van der Waals surface area contributed by atoms with E-state index in [0.717, 1.165) is 36.5 Å². The van der Waals surface area contributed by atoms with Gasteiger partial charge in [-0.15, -0.1) is 11.8 Å². The van der Waals surface area contributed by atoms with Crippen LogP contribution in [0, 0.1) is 5.92 Å². The quantitative estimate of drug-likeness (QED) is 0.819. The van der Waals surface area contributed by atoms with Gasteiger partial charge in [-0.25, -0.2) is 4.98 Å². The first kappa shape index (κ1) is 15.3. The molecule has 0 spiro atoms. The molecule has 0 radical (unpaired) electrons. The van der Waals surface area contributed by atoms with Crippen molar-refractivity contribution < 1.29 is 9.90 Å². The molecule has 2 rings (SSSR count). The average Bonchev–Trinajstić information content (AvgIpc) is 2.49. The molecule has 1 amide bonds. The monoisotopic (exact) mass is 294 g/mol. The number of hydrogen-bond donors (Lipinski definition) is 2. The average molecular weight is 294 g/mol. The van der Waals surface area contributed by atoms with Crippen LogP contribution in [0.15, 0.2) is 23.4 Å². The van der Waals surface area contributed by atoms with E-state index in [2.05, 4.69) is 17.2 Å². The zero-order valence-corrected chi connectivity index (χ0v) is 12.7. The smallest absolute Gasteiger partial charge is 0.253 e. The van der Waals surface area contributed by atoms with E-state index >= 15 is 0 Å². The van der Waals surface area contributed by atoms with E-state index in [1.165, 1.54) is 0 Å². The van der Waals surface area contributed by atoms with Crippen molar-refractivity contribution in [2.24, 2.45) is 5.92 Å². The Morgan fingerprint density at radius 3 is 2.90 bits per heavy atom. The molecule has 0 aromatic carbocycles. The normalized spacial score (nSPS) is 22.5. The summed E-state index contributed by atoms with van der Waals surface area (Å²) in [4.78, 5) is 16.5. The molecule has 1 aromatic rings. The molecule has 4 nitrogen and oxygen atoms in total. The fourth-order valence-electron chi connectivity index (χ4n) is 2.62. The molecule has 1 saturated carbocycles. The second-order valence-corrected chi connectivity index (χ2v) is 6.41. The van der Waals surface area contributed by atoms with Crippen LogP contribution in [0.25, 0.3) is 0 Å². The van der Waals surface area contributed by atoms with Crippen LogP contribution >= 0.6 is 11.8 Å². The Bertz CT molecular complexity index is 436. The largest absolute Gasteiger partial charge is 0.396 e. The molecule has 1 aromatic heterocycles.